The van der Waals surface area contributed by atoms with E-state index in [1.807, 2.05) is 0 Å². The standard InChI is InChI=1S/C16H26N2/c1-17(15-16-9-3-2-4-10-16)11-5-6-12-18-13-7-8-14-18/h2-4,9-10H,5-8,11-15H2,1H3. The molecule has 0 radical (unpaired) electrons. The Hall–Kier alpha value is -0.860. The lowest BCUT2D eigenvalue weighted by atomic mass is 10.2. The summed E-state index contributed by atoms with van der Waals surface area (Å²) in [5, 5.41) is 0. The number of likely N-dealkylation sites (tertiary alicyclic amines) is 1. The van der Waals surface area contributed by atoms with Crippen LogP contribution < -0.4 is 0 Å². The first-order valence-electron chi connectivity index (χ1n) is 7.29. The van der Waals surface area contributed by atoms with Crippen LogP contribution in [0.2, 0.25) is 0 Å². The first-order valence-corrected chi connectivity index (χ1v) is 7.29. The fourth-order valence-corrected chi connectivity index (χ4v) is 2.70. The van der Waals surface area contributed by atoms with Crippen LogP contribution >= 0.6 is 0 Å². The molecule has 1 aliphatic heterocycles. The van der Waals surface area contributed by atoms with Crippen LogP contribution in [0.1, 0.15) is 31.2 Å². The third kappa shape index (κ3) is 4.79. The second-order valence-electron chi connectivity index (χ2n) is 5.48. The minimum absolute atomic E-state index is 1.07. The van der Waals surface area contributed by atoms with Crippen LogP contribution in [0.15, 0.2) is 30.3 Å². The lowest BCUT2D eigenvalue weighted by Crippen LogP contribution is -2.23. The lowest BCUT2D eigenvalue weighted by Gasteiger charge is -2.18. The van der Waals surface area contributed by atoms with Crippen LogP contribution in [0.5, 0.6) is 0 Å². The number of hydrogen-bond donors (Lipinski definition) is 0. The van der Waals surface area contributed by atoms with Gasteiger partial charge in [0.2, 0.25) is 0 Å². The predicted octanol–water partition coefficient (Wildman–Crippen LogP) is 2.99. The summed E-state index contributed by atoms with van der Waals surface area (Å²) in [5.41, 5.74) is 1.42. The topological polar surface area (TPSA) is 6.48 Å². The van der Waals surface area contributed by atoms with Gasteiger partial charge in [-0.3, -0.25) is 0 Å². The van der Waals surface area contributed by atoms with Crippen molar-refractivity contribution in [2.75, 3.05) is 33.2 Å². The van der Waals surface area contributed by atoms with E-state index in [-0.39, 0.29) is 0 Å². The minimum atomic E-state index is 1.07. The fourth-order valence-electron chi connectivity index (χ4n) is 2.70. The molecule has 2 rings (SSSR count). The zero-order valence-electron chi connectivity index (χ0n) is 11.6. The van der Waals surface area contributed by atoms with Crippen LogP contribution in [0, 0.1) is 0 Å². The molecule has 0 aliphatic carbocycles. The molecular formula is C16H26N2. The molecule has 0 unspecified atom stereocenters. The smallest absolute Gasteiger partial charge is 0.0230 e. The molecule has 1 aromatic rings. The summed E-state index contributed by atoms with van der Waals surface area (Å²) >= 11 is 0. The van der Waals surface area contributed by atoms with Gasteiger partial charge in [-0.2, -0.15) is 0 Å². The first-order chi connectivity index (χ1) is 8.84. The van der Waals surface area contributed by atoms with Gasteiger partial charge >= 0.3 is 0 Å². The van der Waals surface area contributed by atoms with Crippen molar-refractivity contribution in [2.45, 2.75) is 32.2 Å². The molecule has 1 aromatic carbocycles. The van der Waals surface area contributed by atoms with Crippen LogP contribution in [0.3, 0.4) is 0 Å². The fraction of sp³-hybridized carbons (Fsp3) is 0.625. The molecule has 1 aliphatic rings. The molecule has 2 heteroatoms. The van der Waals surface area contributed by atoms with Crippen molar-refractivity contribution in [3.63, 3.8) is 0 Å². The predicted molar refractivity (Wildman–Crippen MR) is 77.7 cm³/mol. The van der Waals surface area contributed by atoms with Crippen molar-refractivity contribution in [3.8, 4) is 0 Å². The highest BCUT2D eigenvalue weighted by atomic mass is 15.1. The summed E-state index contributed by atoms with van der Waals surface area (Å²) in [7, 11) is 2.23. The Morgan fingerprint density at radius 2 is 1.78 bits per heavy atom. The number of hydrogen-bond acceptors (Lipinski definition) is 2. The van der Waals surface area contributed by atoms with Crippen LogP contribution in [0.25, 0.3) is 0 Å². The number of rotatable bonds is 7. The average Bonchev–Trinajstić information content (AvgIpc) is 2.89. The van der Waals surface area contributed by atoms with E-state index in [1.165, 1.54) is 57.4 Å². The van der Waals surface area contributed by atoms with E-state index in [0.29, 0.717) is 0 Å². The van der Waals surface area contributed by atoms with Crippen molar-refractivity contribution < 1.29 is 0 Å². The second-order valence-corrected chi connectivity index (χ2v) is 5.48. The summed E-state index contributed by atoms with van der Waals surface area (Å²) in [6.45, 7) is 6.26. The molecule has 0 amide bonds. The minimum Gasteiger partial charge on any atom is -0.303 e. The van der Waals surface area contributed by atoms with E-state index in [0.717, 1.165) is 6.54 Å². The Balaban J connectivity index is 1.55. The van der Waals surface area contributed by atoms with E-state index >= 15 is 0 Å². The van der Waals surface area contributed by atoms with E-state index in [1.54, 1.807) is 0 Å². The molecule has 1 heterocycles. The highest BCUT2D eigenvalue weighted by Crippen LogP contribution is 2.09. The molecule has 0 bridgehead atoms. The Morgan fingerprint density at radius 1 is 1.06 bits per heavy atom. The van der Waals surface area contributed by atoms with Crippen molar-refractivity contribution in [3.05, 3.63) is 35.9 Å². The summed E-state index contributed by atoms with van der Waals surface area (Å²) < 4.78 is 0. The van der Waals surface area contributed by atoms with Gasteiger partial charge in [0.1, 0.15) is 0 Å². The molecule has 0 spiro atoms. The highest BCUT2D eigenvalue weighted by molar-refractivity contribution is 5.14. The van der Waals surface area contributed by atoms with Crippen LogP contribution in [-0.4, -0.2) is 43.0 Å². The Labute approximate surface area is 112 Å². The van der Waals surface area contributed by atoms with Gasteiger partial charge in [0.25, 0.3) is 0 Å². The average molecular weight is 246 g/mol. The molecule has 2 nitrogen and oxygen atoms in total. The van der Waals surface area contributed by atoms with E-state index in [4.69, 9.17) is 0 Å². The maximum Gasteiger partial charge on any atom is 0.0230 e. The van der Waals surface area contributed by atoms with Gasteiger partial charge in [-0.05, 0) is 64.5 Å². The molecule has 18 heavy (non-hydrogen) atoms. The van der Waals surface area contributed by atoms with Gasteiger partial charge in [0, 0.05) is 6.54 Å². The number of benzene rings is 1. The molecule has 0 atom stereocenters. The lowest BCUT2D eigenvalue weighted by molar-refractivity contribution is 0.290. The summed E-state index contributed by atoms with van der Waals surface area (Å²) in [6.07, 6.45) is 5.49. The third-order valence-corrected chi connectivity index (χ3v) is 3.76. The van der Waals surface area contributed by atoms with E-state index in [2.05, 4.69) is 47.2 Å². The van der Waals surface area contributed by atoms with E-state index in [9.17, 15) is 0 Å². The maximum absolute atomic E-state index is 2.61. The Kier molecular flexibility index (Phi) is 5.69. The summed E-state index contributed by atoms with van der Waals surface area (Å²) in [6, 6.07) is 10.7. The van der Waals surface area contributed by atoms with Gasteiger partial charge in [-0.25, -0.2) is 0 Å². The molecule has 0 N–H and O–H groups in total. The van der Waals surface area contributed by atoms with E-state index < -0.39 is 0 Å². The zero-order chi connectivity index (χ0) is 12.6. The van der Waals surface area contributed by atoms with Gasteiger partial charge in [-0.15, -0.1) is 0 Å². The van der Waals surface area contributed by atoms with Gasteiger partial charge < -0.3 is 9.80 Å². The molecule has 1 fully saturated rings. The maximum atomic E-state index is 2.61. The largest absolute Gasteiger partial charge is 0.303 e. The Bertz CT molecular complexity index is 317. The molecule has 0 aromatic heterocycles. The summed E-state index contributed by atoms with van der Waals surface area (Å²) in [4.78, 5) is 5.04. The SMILES string of the molecule is CN(CCCCN1CCCC1)Cc1ccccc1. The van der Waals surface area contributed by atoms with Crippen molar-refractivity contribution in [2.24, 2.45) is 0 Å². The molecular weight excluding hydrogens is 220 g/mol. The molecule has 100 valence electrons. The van der Waals surface area contributed by atoms with Crippen molar-refractivity contribution >= 4 is 0 Å². The second kappa shape index (κ2) is 7.55. The van der Waals surface area contributed by atoms with Crippen LogP contribution in [0.4, 0.5) is 0 Å². The number of nitrogens with zero attached hydrogens (tertiary/aromatic N) is 2. The zero-order valence-corrected chi connectivity index (χ0v) is 11.6. The highest BCUT2D eigenvalue weighted by Gasteiger charge is 2.10. The normalized spacial score (nSPS) is 16.6. The van der Waals surface area contributed by atoms with Crippen molar-refractivity contribution in [1.29, 1.82) is 0 Å². The number of unbranched alkanes of at least 4 members (excludes halogenated alkanes) is 1. The third-order valence-electron chi connectivity index (χ3n) is 3.76. The molecule has 1 saturated heterocycles. The summed E-state index contributed by atoms with van der Waals surface area (Å²) in [5.74, 6) is 0. The van der Waals surface area contributed by atoms with Gasteiger partial charge in [-0.1, -0.05) is 30.3 Å². The van der Waals surface area contributed by atoms with Crippen LogP contribution in [-0.2, 0) is 6.54 Å². The first kappa shape index (κ1) is 13.6. The van der Waals surface area contributed by atoms with Gasteiger partial charge in [0.15, 0.2) is 0 Å². The molecule has 0 saturated carbocycles. The van der Waals surface area contributed by atoms with Crippen molar-refractivity contribution in [1.82, 2.24) is 9.80 Å². The quantitative estimate of drug-likeness (QED) is 0.682. The van der Waals surface area contributed by atoms with Gasteiger partial charge in [0.05, 0.1) is 0 Å². The monoisotopic (exact) mass is 246 g/mol. The Morgan fingerprint density at radius 3 is 2.50 bits per heavy atom.